The van der Waals surface area contributed by atoms with E-state index in [0.29, 0.717) is 22.1 Å². The molecule has 0 fully saturated rings. The molecule has 1 aromatic heterocycles. The number of aliphatic imine (C=N–C) groups is 1. The van der Waals surface area contributed by atoms with Gasteiger partial charge in [-0.2, -0.15) is 0 Å². The lowest BCUT2D eigenvalue weighted by molar-refractivity contribution is -0.114. The molecule has 3 N–H and O–H groups in total. The highest BCUT2D eigenvalue weighted by atomic mass is 35.5. The fourth-order valence-electron chi connectivity index (χ4n) is 2.75. The standard InChI is InChI=1S/C20H17ClN4O4/c1-11(22-14-5-7-15(8-6-14)23-12(2)26)17-18(27)24-20(29)25(19(17)28)16-9-3-13(21)4-10-16/h3-10,28H,1-2H3,(H,23,26)(H,24,27,29). The Morgan fingerprint density at radius 3 is 2.28 bits per heavy atom. The Balaban J connectivity index is 2.06. The van der Waals surface area contributed by atoms with Gasteiger partial charge in [0.1, 0.15) is 5.56 Å². The van der Waals surface area contributed by atoms with E-state index in [4.69, 9.17) is 11.6 Å². The molecule has 1 amide bonds. The molecule has 0 saturated carbocycles. The van der Waals surface area contributed by atoms with Gasteiger partial charge in [-0.15, -0.1) is 0 Å². The Kier molecular flexibility index (Phi) is 5.65. The minimum atomic E-state index is -0.786. The zero-order valence-electron chi connectivity index (χ0n) is 15.6. The number of H-pyrrole nitrogens is 1. The molecule has 0 aliphatic rings. The van der Waals surface area contributed by atoms with Gasteiger partial charge in [0, 0.05) is 17.6 Å². The fraction of sp³-hybridized carbons (Fsp3) is 0.100. The first-order chi connectivity index (χ1) is 13.8. The Morgan fingerprint density at radius 1 is 1.07 bits per heavy atom. The minimum Gasteiger partial charge on any atom is -0.493 e. The normalized spacial score (nSPS) is 11.3. The predicted molar refractivity (Wildman–Crippen MR) is 112 cm³/mol. The van der Waals surface area contributed by atoms with Crippen molar-refractivity contribution in [1.29, 1.82) is 0 Å². The van der Waals surface area contributed by atoms with Crippen LogP contribution in [0, 0.1) is 0 Å². The third-order valence-corrected chi connectivity index (χ3v) is 4.27. The van der Waals surface area contributed by atoms with E-state index in [1.165, 1.54) is 6.92 Å². The molecule has 9 heteroatoms. The maximum absolute atomic E-state index is 12.3. The van der Waals surface area contributed by atoms with E-state index in [1.807, 2.05) is 0 Å². The highest BCUT2D eigenvalue weighted by molar-refractivity contribution is 6.30. The van der Waals surface area contributed by atoms with Gasteiger partial charge in [0.2, 0.25) is 11.8 Å². The van der Waals surface area contributed by atoms with Crippen LogP contribution in [0.2, 0.25) is 5.02 Å². The highest BCUT2D eigenvalue weighted by Gasteiger charge is 2.18. The molecule has 0 bridgehead atoms. The summed E-state index contributed by atoms with van der Waals surface area (Å²) in [7, 11) is 0. The average molecular weight is 413 g/mol. The van der Waals surface area contributed by atoms with Crippen molar-refractivity contribution in [2.24, 2.45) is 4.99 Å². The van der Waals surface area contributed by atoms with Crippen LogP contribution in [-0.2, 0) is 4.79 Å². The topological polar surface area (TPSA) is 117 Å². The number of halogens is 1. The Hall–Kier alpha value is -3.65. The van der Waals surface area contributed by atoms with Crippen molar-refractivity contribution in [2.45, 2.75) is 13.8 Å². The quantitative estimate of drug-likeness (QED) is 0.571. The van der Waals surface area contributed by atoms with E-state index in [-0.39, 0.29) is 17.2 Å². The van der Waals surface area contributed by atoms with Crippen molar-refractivity contribution in [2.75, 3.05) is 5.32 Å². The molecule has 0 radical (unpaired) electrons. The largest absolute Gasteiger partial charge is 0.493 e. The average Bonchev–Trinajstić information content (AvgIpc) is 2.64. The van der Waals surface area contributed by atoms with E-state index in [1.54, 1.807) is 55.5 Å². The molecule has 29 heavy (non-hydrogen) atoms. The van der Waals surface area contributed by atoms with E-state index < -0.39 is 17.1 Å². The highest BCUT2D eigenvalue weighted by Crippen LogP contribution is 2.22. The maximum atomic E-state index is 12.3. The summed E-state index contributed by atoms with van der Waals surface area (Å²) in [5, 5.41) is 13.8. The summed E-state index contributed by atoms with van der Waals surface area (Å²) in [4.78, 5) is 42.2. The second kappa shape index (κ2) is 8.15. The van der Waals surface area contributed by atoms with Crippen LogP contribution in [-0.4, -0.2) is 26.3 Å². The van der Waals surface area contributed by atoms with Crippen LogP contribution < -0.4 is 16.6 Å². The van der Waals surface area contributed by atoms with Gasteiger partial charge >= 0.3 is 5.69 Å². The molecule has 148 valence electrons. The molecule has 0 aliphatic heterocycles. The van der Waals surface area contributed by atoms with E-state index in [0.717, 1.165) is 4.57 Å². The number of hydrogen-bond donors (Lipinski definition) is 3. The Bertz CT molecular complexity index is 1210. The number of hydrogen-bond acceptors (Lipinski definition) is 5. The molecule has 1 heterocycles. The van der Waals surface area contributed by atoms with Gasteiger partial charge in [-0.05, 0) is 55.5 Å². The number of amides is 1. The summed E-state index contributed by atoms with van der Waals surface area (Å²) in [5.41, 5.74) is -0.0309. The van der Waals surface area contributed by atoms with Crippen LogP contribution in [0.25, 0.3) is 5.69 Å². The van der Waals surface area contributed by atoms with Crippen molar-refractivity contribution in [3.63, 3.8) is 0 Å². The SMILES string of the molecule is CC(=O)Nc1ccc(N=C(C)c2c(O)n(-c3ccc(Cl)cc3)c(=O)[nH]c2=O)cc1. The molecule has 0 saturated heterocycles. The number of nitrogens with zero attached hydrogens (tertiary/aromatic N) is 2. The molecule has 3 rings (SSSR count). The molecular formula is C20H17ClN4O4. The summed E-state index contributed by atoms with van der Waals surface area (Å²) in [6, 6.07) is 12.8. The lowest BCUT2D eigenvalue weighted by atomic mass is 10.2. The summed E-state index contributed by atoms with van der Waals surface area (Å²) in [5.74, 6) is -0.726. The summed E-state index contributed by atoms with van der Waals surface area (Å²) >= 11 is 5.86. The van der Waals surface area contributed by atoms with Crippen LogP contribution in [0.1, 0.15) is 19.4 Å². The third kappa shape index (κ3) is 4.44. The predicted octanol–water partition coefficient (Wildman–Crippen LogP) is 2.98. The van der Waals surface area contributed by atoms with Gasteiger partial charge in [0.25, 0.3) is 5.56 Å². The summed E-state index contributed by atoms with van der Waals surface area (Å²) in [6.45, 7) is 2.95. The second-order valence-electron chi connectivity index (χ2n) is 6.19. The van der Waals surface area contributed by atoms with Crippen LogP contribution in [0.5, 0.6) is 5.88 Å². The number of carbonyl (C=O) groups excluding carboxylic acids is 1. The summed E-state index contributed by atoms with van der Waals surface area (Å²) in [6.07, 6.45) is 0. The Labute approximate surface area is 170 Å². The zero-order chi connectivity index (χ0) is 21.1. The number of benzene rings is 2. The Morgan fingerprint density at radius 2 is 1.69 bits per heavy atom. The van der Waals surface area contributed by atoms with Crippen LogP contribution >= 0.6 is 11.6 Å². The van der Waals surface area contributed by atoms with Gasteiger partial charge in [0.15, 0.2) is 0 Å². The van der Waals surface area contributed by atoms with Crippen molar-refractivity contribution in [3.8, 4) is 11.6 Å². The minimum absolute atomic E-state index is 0.134. The molecule has 0 atom stereocenters. The van der Waals surface area contributed by atoms with E-state index in [9.17, 15) is 19.5 Å². The van der Waals surface area contributed by atoms with Gasteiger partial charge in [-0.3, -0.25) is 19.6 Å². The first-order valence-electron chi connectivity index (χ1n) is 8.54. The molecule has 0 unspecified atom stereocenters. The molecular weight excluding hydrogens is 396 g/mol. The molecule has 3 aromatic rings. The number of aromatic hydroxyl groups is 1. The number of nitrogens with one attached hydrogen (secondary N) is 2. The van der Waals surface area contributed by atoms with Crippen molar-refractivity contribution >= 4 is 34.6 Å². The van der Waals surface area contributed by atoms with E-state index >= 15 is 0 Å². The monoisotopic (exact) mass is 412 g/mol. The van der Waals surface area contributed by atoms with Gasteiger partial charge in [-0.25, -0.2) is 9.36 Å². The number of carbonyl (C=O) groups is 1. The van der Waals surface area contributed by atoms with Crippen LogP contribution in [0.15, 0.2) is 63.1 Å². The van der Waals surface area contributed by atoms with E-state index in [2.05, 4.69) is 15.3 Å². The fourth-order valence-corrected chi connectivity index (χ4v) is 2.88. The summed E-state index contributed by atoms with van der Waals surface area (Å²) < 4.78 is 0.964. The van der Waals surface area contributed by atoms with Crippen LogP contribution in [0.3, 0.4) is 0 Å². The number of aromatic nitrogens is 2. The smallest absolute Gasteiger partial charge is 0.335 e. The lowest BCUT2D eigenvalue weighted by Gasteiger charge is -2.11. The maximum Gasteiger partial charge on any atom is 0.335 e. The van der Waals surface area contributed by atoms with Crippen molar-refractivity contribution in [1.82, 2.24) is 9.55 Å². The molecule has 0 aliphatic carbocycles. The molecule has 8 nitrogen and oxygen atoms in total. The molecule has 0 spiro atoms. The van der Waals surface area contributed by atoms with Crippen molar-refractivity contribution in [3.05, 3.63) is 80.0 Å². The second-order valence-corrected chi connectivity index (χ2v) is 6.63. The third-order valence-electron chi connectivity index (χ3n) is 4.02. The first kappa shape index (κ1) is 20.1. The van der Waals surface area contributed by atoms with Gasteiger partial charge in [0.05, 0.1) is 17.1 Å². The molecule has 2 aromatic carbocycles. The van der Waals surface area contributed by atoms with Crippen LogP contribution in [0.4, 0.5) is 11.4 Å². The van der Waals surface area contributed by atoms with Crippen molar-refractivity contribution < 1.29 is 9.90 Å². The van der Waals surface area contributed by atoms with Gasteiger partial charge in [-0.1, -0.05) is 11.6 Å². The number of rotatable bonds is 4. The lowest BCUT2D eigenvalue weighted by Crippen LogP contribution is -2.32. The number of aromatic amines is 1. The zero-order valence-corrected chi connectivity index (χ0v) is 16.3. The van der Waals surface area contributed by atoms with Gasteiger partial charge < -0.3 is 10.4 Å². The number of anilines is 1. The first-order valence-corrected chi connectivity index (χ1v) is 8.91.